The van der Waals surface area contributed by atoms with Gasteiger partial charge < -0.3 is 15.1 Å². The molecule has 0 radical (unpaired) electrons. The molecule has 14 heavy (non-hydrogen) atoms. The third kappa shape index (κ3) is 11.1. The minimum absolute atomic E-state index is 0.184. The van der Waals surface area contributed by atoms with Gasteiger partial charge in [-0.15, -0.1) is 0 Å². The molecule has 82 valence electrons. The molecule has 0 aliphatic rings. The molecule has 0 spiro atoms. The van der Waals surface area contributed by atoms with Gasteiger partial charge in [-0.2, -0.15) is 5.10 Å². The number of nitrogens with zero attached hydrogens (tertiary/aromatic N) is 1. The van der Waals surface area contributed by atoms with Gasteiger partial charge in [0, 0.05) is 13.0 Å². The molecular formula is C7H14N2O4S. The first-order valence-electron chi connectivity index (χ1n) is 4.20. The Bertz CT molecular complexity index is 220. The van der Waals surface area contributed by atoms with Crippen molar-refractivity contribution in [1.29, 1.82) is 0 Å². The Labute approximate surface area is 84.7 Å². The second kappa shape index (κ2) is 8.64. The Morgan fingerprint density at radius 2 is 2.14 bits per heavy atom. The van der Waals surface area contributed by atoms with Crippen LogP contribution in [0.4, 0.5) is 0 Å². The zero-order chi connectivity index (χ0) is 10.8. The Balaban J connectivity index is 3.14. The predicted molar refractivity (Wildman–Crippen MR) is 53.4 cm³/mol. The van der Waals surface area contributed by atoms with E-state index in [2.05, 4.69) is 10.5 Å². The van der Waals surface area contributed by atoms with Crippen molar-refractivity contribution < 1.29 is 18.7 Å². The first-order chi connectivity index (χ1) is 6.63. The van der Waals surface area contributed by atoms with Crippen LogP contribution in [-0.2, 0) is 15.9 Å². The molecule has 3 N–H and O–H groups in total. The molecule has 0 amide bonds. The highest BCUT2D eigenvalue weighted by molar-refractivity contribution is 7.93. The largest absolute Gasteiger partial charge is 0.481 e. The molecular weight excluding hydrogens is 208 g/mol. The summed E-state index contributed by atoms with van der Waals surface area (Å²) in [7, 11) is 0. The number of aliphatic carboxylic acids is 1. The second-order valence-electron chi connectivity index (χ2n) is 2.62. The van der Waals surface area contributed by atoms with Gasteiger partial charge in [-0.25, -0.2) is 4.21 Å². The molecule has 0 heterocycles. The van der Waals surface area contributed by atoms with E-state index >= 15 is 0 Å². The van der Waals surface area contributed by atoms with E-state index in [1.165, 1.54) is 0 Å². The molecule has 7 heteroatoms. The molecule has 0 rings (SSSR count). The van der Waals surface area contributed by atoms with Crippen molar-refractivity contribution in [1.82, 2.24) is 5.43 Å². The van der Waals surface area contributed by atoms with Crippen molar-refractivity contribution in [3.8, 4) is 0 Å². The fourth-order valence-electron chi connectivity index (χ4n) is 0.804. The van der Waals surface area contributed by atoms with Crippen LogP contribution >= 0.6 is 0 Å². The average molecular weight is 222 g/mol. The molecule has 1 atom stereocenters. The van der Waals surface area contributed by atoms with Gasteiger partial charge in [0.05, 0.1) is 0 Å². The quantitative estimate of drug-likeness (QED) is 0.181. The molecule has 0 saturated carbocycles. The second-order valence-corrected chi connectivity index (χ2v) is 3.39. The van der Waals surface area contributed by atoms with Crippen LogP contribution in [-0.4, -0.2) is 31.9 Å². The number of nitrogens with one attached hydrogen (secondary N) is 1. The fourth-order valence-corrected chi connectivity index (χ4v) is 0.969. The van der Waals surface area contributed by atoms with E-state index in [1.54, 1.807) is 0 Å². The monoisotopic (exact) mass is 222 g/mol. The normalized spacial score (nSPS) is 12.9. The molecule has 0 aromatic rings. The number of carbonyl (C=O) groups is 1. The molecule has 1 unspecified atom stereocenters. The summed E-state index contributed by atoms with van der Waals surface area (Å²) < 4.78 is 18.3. The molecule has 0 fully saturated rings. The van der Waals surface area contributed by atoms with Crippen LogP contribution in [0.1, 0.15) is 25.7 Å². The van der Waals surface area contributed by atoms with Gasteiger partial charge in [-0.05, 0) is 12.8 Å². The summed E-state index contributed by atoms with van der Waals surface area (Å²) in [5.41, 5.74) is 3.46. The lowest BCUT2D eigenvalue weighted by atomic mass is 10.2. The van der Waals surface area contributed by atoms with Gasteiger partial charge in [0.15, 0.2) is 11.1 Å². The maximum Gasteiger partial charge on any atom is 0.303 e. The predicted octanol–water partition coefficient (Wildman–Crippen LogP) is 0.386. The highest BCUT2D eigenvalue weighted by Gasteiger charge is 1.95. The lowest BCUT2D eigenvalue weighted by molar-refractivity contribution is -0.137. The van der Waals surface area contributed by atoms with E-state index in [0.29, 0.717) is 13.0 Å². The van der Waals surface area contributed by atoms with Crippen molar-refractivity contribution in [2.45, 2.75) is 25.7 Å². The Morgan fingerprint density at radius 1 is 1.43 bits per heavy atom. The molecule has 0 aromatic carbocycles. The highest BCUT2D eigenvalue weighted by Crippen LogP contribution is 1.98. The van der Waals surface area contributed by atoms with Crippen LogP contribution in [0.3, 0.4) is 0 Å². The van der Waals surface area contributed by atoms with Crippen molar-refractivity contribution in [2.24, 2.45) is 5.10 Å². The van der Waals surface area contributed by atoms with Gasteiger partial charge >= 0.3 is 5.97 Å². The van der Waals surface area contributed by atoms with Crippen molar-refractivity contribution in [3.05, 3.63) is 0 Å². The van der Waals surface area contributed by atoms with Crippen LogP contribution in [0.15, 0.2) is 5.10 Å². The third-order valence-corrected chi connectivity index (χ3v) is 1.70. The van der Waals surface area contributed by atoms with Crippen molar-refractivity contribution >= 4 is 22.6 Å². The maximum absolute atomic E-state index is 10.1. The first-order valence-corrected chi connectivity index (χ1v) is 5.37. The summed E-state index contributed by atoms with van der Waals surface area (Å²) in [6.07, 6.45) is 2.43. The Kier molecular flexibility index (Phi) is 8.05. The van der Waals surface area contributed by atoms with Gasteiger partial charge in [0.25, 0.3) is 0 Å². The third-order valence-electron chi connectivity index (χ3n) is 1.41. The lowest BCUT2D eigenvalue weighted by Crippen LogP contribution is -2.08. The topological polar surface area (TPSA) is 99.0 Å². The number of carboxylic acids is 1. The van der Waals surface area contributed by atoms with Crippen LogP contribution in [0.5, 0.6) is 0 Å². The van der Waals surface area contributed by atoms with Crippen molar-refractivity contribution in [3.63, 3.8) is 0 Å². The Morgan fingerprint density at radius 3 is 2.71 bits per heavy atom. The zero-order valence-corrected chi connectivity index (χ0v) is 8.50. The number of hydrazone groups is 1. The zero-order valence-electron chi connectivity index (χ0n) is 7.68. The summed E-state index contributed by atoms with van der Waals surface area (Å²) in [5.74, 6) is -0.786. The molecule has 0 bridgehead atoms. The average Bonchev–Trinajstić information content (AvgIpc) is 2.08. The molecule has 0 aliphatic heterocycles. The highest BCUT2D eigenvalue weighted by atomic mass is 32.2. The summed E-state index contributed by atoms with van der Waals surface area (Å²) in [6, 6.07) is 0. The van der Waals surface area contributed by atoms with Gasteiger partial charge in [-0.3, -0.25) is 4.79 Å². The van der Waals surface area contributed by atoms with E-state index < -0.39 is 17.0 Å². The van der Waals surface area contributed by atoms with Crippen molar-refractivity contribution in [2.75, 3.05) is 6.54 Å². The first kappa shape index (κ1) is 13.1. The summed E-state index contributed by atoms with van der Waals surface area (Å²) in [5, 5.41) is 11.8. The number of unbranched alkanes of at least 4 members (excludes halogenated alkanes) is 2. The smallest absolute Gasteiger partial charge is 0.303 e. The van der Waals surface area contributed by atoms with Crippen LogP contribution in [0, 0.1) is 0 Å². The van der Waals surface area contributed by atoms with E-state index in [-0.39, 0.29) is 6.42 Å². The van der Waals surface area contributed by atoms with E-state index in [4.69, 9.17) is 9.66 Å². The Hall–Kier alpha value is -0.950. The van der Waals surface area contributed by atoms with Crippen LogP contribution in [0.25, 0.3) is 0 Å². The minimum Gasteiger partial charge on any atom is -0.481 e. The SMILES string of the molecule is O=C(O)CCCCCN/N=C/S(=O)O. The molecule has 0 saturated heterocycles. The van der Waals surface area contributed by atoms with E-state index in [0.717, 1.165) is 18.4 Å². The fraction of sp³-hybridized carbons (Fsp3) is 0.714. The summed E-state index contributed by atoms with van der Waals surface area (Å²) in [4.78, 5) is 10.1. The van der Waals surface area contributed by atoms with Crippen LogP contribution < -0.4 is 5.43 Å². The van der Waals surface area contributed by atoms with Gasteiger partial charge in [0.2, 0.25) is 0 Å². The number of hydrogen-bond acceptors (Lipinski definition) is 4. The van der Waals surface area contributed by atoms with E-state index in [9.17, 15) is 9.00 Å². The summed E-state index contributed by atoms with van der Waals surface area (Å²) in [6.45, 7) is 0.577. The standard InChI is InChI=1S/C7H14N2O4S/c10-7(11)4-2-1-3-5-8-9-6-14(12)13/h6,8H,1-5H2,(H,10,11)(H,12,13)/b9-6+. The maximum atomic E-state index is 10.1. The number of rotatable bonds is 8. The molecule has 6 nitrogen and oxygen atoms in total. The lowest BCUT2D eigenvalue weighted by Gasteiger charge is -1.98. The molecule has 0 aliphatic carbocycles. The van der Waals surface area contributed by atoms with Gasteiger partial charge in [0.1, 0.15) is 5.55 Å². The summed E-state index contributed by atoms with van der Waals surface area (Å²) >= 11 is -2.01. The van der Waals surface area contributed by atoms with E-state index in [1.807, 2.05) is 0 Å². The van der Waals surface area contributed by atoms with Crippen LogP contribution in [0.2, 0.25) is 0 Å². The number of hydrogen-bond donors (Lipinski definition) is 3. The molecule has 0 aromatic heterocycles. The minimum atomic E-state index is -2.01. The number of carboxylic acid groups (broad SMARTS) is 1. The van der Waals surface area contributed by atoms with Gasteiger partial charge in [-0.1, -0.05) is 6.42 Å².